The zero-order chi connectivity index (χ0) is 12.6. The van der Waals surface area contributed by atoms with Crippen LogP contribution in [0.15, 0.2) is 35.8 Å². The van der Waals surface area contributed by atoms with E-state index in [1.165, 1.54) is 16.9 Å². The molecule has 1 N–H and O–H groups in total. The molecule has 0 aliphatic heterocycles. The fourth-order valence-electron chi connectivity index (χ4n) is 1.77. The largest absolute Gasteiger partial charge is 0.360 e. The van der Waals surface area contributed by atoms with E-state index >= 15 is 0 Å². The van der Waals surface area contributed by atoms with Crippen molar-refractivity contribution in [3.8, 4) is 0 Å². The van der Waals surface area contributed by atoms with Crippen molar-refractivity contribution in [3.05, 3.63) is 41.4 Å². The Labute approximate surface area is 112 Å². The molecule has 0 amide bonds. The van der Waals surface area contributed by atoms with Gasteiger partial charge in [-0.05, 0) is 25.6 Å². The lowest BCUT2D eigenvalue weighted by Crippen LogP contribution is -2.21. The van der Waals surface area contributed by atoms with Crippen LogP contribution in [0.1, 0.15) is 12.0 Å². The van der Waals surface area contributed by atoms with Gasteiger partial charge in [-0.25, -0.2) is 0 Å². The fourth-order valence-corrected chi connectivity index (χ4v) is 2.24. The lowest BCUT2D eigenvalue weighted by atomic mass is 10.2. The minimum atomic E-state index is 0.903. The maximum Gasteiger partial charge on any atom is 0.205 e. The van der Waals surface area contributed by atoms with Gasteiger partial charge in [-0.1, -0.05) is 41.7 Å². The highest BCUT2D eigenvalue weighted by Crippen LogP contribution is 2.07. The van der Waals surface area contributed by atoms with Crippen molar-refractivity contribution in [2.75, 3.05) is 25.5 Å². The highest BCUT2D eigenvalue weighted by molar-refractivity contribution is 7.13. The molecule has 0 aliphatic rings. The van der Waals surface area contributed by atoms with Gasteiger partial charge in [0.25, 0.3) is 0 Å². The molecule has 4 nitrogen and oxygen atoms in total. The molecule has 96 valence electrons. The summed E-state index contributed by atoms with van der Waals surface area (Å²) >= 11 is 1.54. The Morgan fingerprint density at radius 3 is 2.83 bits per heavy atom. The molecule has 1 aromatic heterocycles. The molecule has 2 rings (SSSR count). The lowest BCUT2D eigenvalue weighted by molar-refractivity contribution is 0.325. The standard InChI is InChI=1S/C13H18N4S/c1-17(10-12-6-3-2-4-7-12)9-5-8-14-13-16-15-11-18-13/h2-4,6-7,11H,5,8-10H2,1H3,(H,14,16). The Hall–Kier alpha value is -1.46. The van der Waals surface area contributed by atoms with Gasteiger partial charge in [-0.3, -0.25) is 0 Å². The lowest BCUT2D eigenvalue weighted by Gasteiger charge is -2.16. The van der Waals surface area contributed by atoms with E-state index in [1.54, 1.807) is 5.51 Å². The van der Waals surface area contributed by atoms with Crippen LogP contribution in [0, 0.1) is 0 Å². The molecule has 0 fully saturated rings. The second kappa shape index (κ2) is 7.08. The van der Waals surface area contributed by atoms with E-state index in [1.807, 2.05) is 0 Å². The normalized spacial score (nSPS) is 10.8. The molecule has 0 aliphatic carbocycles. The third kappa shape index (κ3) is 4.43. The van der Waals surface area contributed by atoms with E-state index in [-0.39, 0.29) is 0 Å². The second-order valence-electron chi connectivity index (χ2n) is 4.25. The first-order valence-electron chi connectivity index (χ1n) is 6.07. The average molecular weight is 262 g/mol. The van der Waals surface area contributed by atoms with E-state index in [0.29, 0.717) is 0 Å². The molecule has 0 spiro atoms. The molecule has 0 atom stereocenters. The summed E-state index contributed by atoms with van der Waals surface area (Å²) in [4.78, 5) is 2.33. The van der Waals surface area contributed by atoms with Crippen LogP contribution in [0.5, 0.6) is 0 Å². The van der Waals surface area contributed by atoms with Crippen LogP contribution in [0.4, 0.5) is 5.13 Å². The van der Waals surface area contributed by atoms with Crippen LogP contribution in [0.25, 0.3) is 0 Å². The Bertz CT molecular complexity index is 430. The van der Waals surface area contributed by atoms with Crippen LogP contribution >= 0.6 is 11.3 Å². The first-order valence-corrected chi connectivity index (χ1v) is 6.95. The van der Waals surface area contributed by atoms with Crippen molar-refractivity contribution >= 4 is 16.5 Å². The van der Waals surface area contributed by atoms with Crippen LogP contribution in [0.3, 0.4) is 0 Å². The van der Waals surface area contributed by atoms with Gasteiger partial charge < -0.3 is 10.2 Å². The van der Waals surface area contributed by atoms with Gasteiger partial charge in [0.05, 0.1) is 0 Å². The predicted octanol–water partition coefficient (Wildman–Crippen LogP) is 2.47. The second-order valence-corrected chi connectivity index (χ2v) is 5.08. The number of benzene rings is 1. The predicted molar refractivity (Wildman–Crippen MR) is 75.8 cm³/mol. The number of nitrogens with zero attached hydrogens (tertiary/aromatic N) is 3. The first-order chi connectivity index (χ1) is 8.84. The Kier molecular flexibility index (Phi) is 5.11. The van der Waals surface area contributed by atoms with E-state index in [9.17, 15) is 0 Å². The summed E-state index contributed by atoms with van der Waals surface area (Å²) in [6.07, 6.45) is 1.10. The number of anilines is 1. The molecular formula is C13H18N4S. The van der Waals surface area contributed by atoms with Crippen LogP contribution in [0.2, 0.25) is 0 Å². The number of rotatable bonds is 7. The molecule has 0 unspecified atom stereocenters. The number of hydrogen-bond donors (Lipinski definition) is 1. The molecule has 0 bridgehead atoms. The average Bonchev–Trinajstić information content (AvgIpc) is 2.89. The van der Waals surface area contributed by atoms with Gasteiger partial charge >= 0.3 is 0 Å². The van der Waals surface area contributed by atoms with Gasteiger partial charge in [0.2, 0.25) is 5.13 Å². The molecular weight excluding hydrogens is 244 g/mol. The van der Waals surface area contributed by atoms with E-state index < -0.39 is 0 Å². The minimum Gasteiger partial charge on any atom is -0.360 e. The maximum atomic E-state index is 3.94. The zero-order valence-electron chi connectivity index (χ0n) is 10.5. The smallest absolute Gasteiger partial charge is 0.205 e. The fraction of sp³-hybridized carbons (Fsp3) is 0.385. The number of nitrogens with one attached hydrogen (secondary N) is 1. The maximum absolute atomic E-state index is 3.94. The monoisotopic (exact) mass is 262 g/mol. The Morgan fingerprint density at radius 2 is 2.11 bits per heavy atom. The van der Waals surface area contributed by atoms with Crippen molar-refractivity contribution in [2.24, 2.45) is 0 Å². The van der Waals surface area contributed by atoms with Gasteiger partial charge in [-0.2, -0.15) is 0 Å². The topological polar surface area (TPSA) is 41.0 Å². The Morgan fingerprint density at radius 1 is 1.28 bits per heavy atom. The van der Waals surface area contributed by atoms with Crippen LogP contribution < -0.4 is 5.32 Å². The molecule has 18 heavy (non-hydrogen) atoms. The third-order valence-electron chi connectivity index (χ3n) is 2.65. The minimum absolute atomic E-state index is 0.903. The van der Waals surface area contributed by atoms with E-state index in [0.717, 1.165) is 31.2 Å². The third-order valence-corrected chi connectivity index (χ3v) is 3.30. The zero-order valence-corrected chi connectivity index (χ0v) is 11.4. The van der Waals surface area contributed by atoms with Gasteiger partial charge in [0.1, 0.15) is 5.51 Å². The summed E-state index contributed by atoms with van der Waals surface area (Å²) in [5.41, 5.74) is 3.10. The first kappa shape index (κ1) is 13.0. The van der Waals surface area contributed by atoms with Gasteiger partial charge in [0.15, 0.2) is 0 Å². The summed E-state index contributed by atoms with van der Waals surface area (Å²) in [7, 11) is 2.15. The van der Waals surface area contributed by atoms with Crippen LogP contribution in [-0.2, 0) is 6.54 Å². The highest BCUT2D eigenvalue weighted by atomic mass is 32.1. The Balaban J connectivity index is 1.62. The summed E-state index contributed by atoms with van der Waals surface area (Å²) in [5, 5.41) is 11.9. The molecule has 5 heteroatoms. The van der Waals surface area contributed by atoms with Crippen molar-refractivity contribution < 1.29 is 0 Å². The molecule has 0 radical (unpaired) electrons. The van der Waals surface area contributed by atoms with Crippen molar-refractivity contribution in [2.45, 2.75) is 13.0 Å². The SMILES string of the molecule is CN(CCCNc1nncs1)Cc1ccccc1. The summed E-state index contributed by atoms with van der Waals surface area (Å²) in [6, 6.07) is 10.5. The van der Waals surface area contributed by atoms with Crippen molar-refractivity contribution in [1.82, 2.24) is 15.1 Å². The number of aromatic nitrogens is 2. The molecule has 2 aromatic rings. The van der Waals surface area contributed by atoms with Crippen molar-refractivity contribution in [1.29, 1.82) is 0 Å². The molecule has 0 saturated carbocycles. The van der Waals surface area contributed by atoms with Crippen LogP contribution in [-0.4, -0.2) is 35.2 Å². The molecule has 1 aromatic carbocycles. The summed E-state index contributed by atoms with van der Waals surface area (Å²) < 4.78 is 0. The number of hydrogen-bond acceptors (Lipinski definition) is 5. The van der Waals surface area contributed by atoms with E-state index in [4.69, 9.17) is 0 Å². The van der Waals surface area contributed by atoms with Gasteiger partial charge in [0, 0.05) is 13.1 Å². The highest BCUT2D eigenvalue weighted by Gasteiger charge is 2.00. The van der Waals surface area contributed by atoms with Gasteiger partial charge in [-0.15, -0.1) is 10.2 Å². The van der Waals surface area contributed by atoms with E-state index in [2.05, 4.69) is 57.8 Å². The molecule has 1 heterocycles. The quantitative estimate of drug-likeness (QED) is 0.778. The summed E-state index contributed by atoms with van der Waals surface area (Å²) in [5.74, 6) is 0. The van der Waals surface area contributed by atoms with Crippen molar-refractivity contribution in [3.63, 3.8) is 0 Å². The summed E-state index contributed by atoms with van der Waals surface area (Å²) in [6.45, 7) is 3.01. The molecule has 0 saturated heterocycles.